The normalized spacial score (nSPS) is 10.9. The van der Waals surface area contributed by atoms with Crippen LogP contribution in [0.1, 0.15) is 54.2 Å². The van der Waals surface area contributed by atoms with E-state index in [1.165, 1.54) is 33.4 Å². The van der Waals surface area contributed by atoms with Gasteiger partial charge < -0.3 is 16.0 Å². The summed E-state index contributed by atoms with van der Waals surface area (Å²) in [6.07, 6.45) is 2.89. The summed E-state index contributed by atoms with van der Waals surface area (Å²) in [6.45, 7) is 9.07. The first-order chi connectivity index (χ1) is 19.0. The van der Waals surface area contributed by atoms with Crippen molar-refractivity contribution in [2.45, 2.75) is 74.4 Å². The first-order valence-electron chi connectivity index (χ1n) is 13.7. The third kappa shape index (κ3) is 6.92. The van der Waals surface area contributed by atoms with Gasteiger partial charge in [0.15, 0.2) is 0 Å². The molecule has 0 aliphatic rings. The number of hydrogen-bond donors (Lipinski definition) is 6. The number of thiol groups is 3. The fourth-order valence-electron chi connectivity index (χ4n) is 5.43. The highest BCUT2D eigenvalue weighted by Crippen LogP contribution is 2.34. The molecule has 3 nitrogen and oxygen atoms in total. The molecule has 0 fully saturated rings. The molecule has 0 saturated carbocycles. The predicted molar refractivity (Wildman–Crippen MR) is 178 cm³/mol. The molecule has 0 spiro atoms. The van der Waals surface area contributed by atoms with Crippen LogP contribution in [0.2, 0.25) is 0 Å². The Bertz CT molecular complexity index is 1230. The Morgan fingerprint density at radius 2 is 0.667 bits per heavy atom. The van der Waals surface area contributed by atoms with E-state index in [0.29, 0.717) is 0 Å². The van der Waals surface area contributed by atoms with E-state index >= 15 is 0 Å². The number of nitrogens with one attached hydrogen (secondary N) is 3. The molecule has 39 heavy (non-hydrogen) atoms. The van der Waals surface area contributed by atoms with Gasteiger partial charge >= 0.3 is 0 Å². The van der Waals surface area contributed by atoms with E-state index in [1.54, 1.807) is 0 Å². The Morgan fingerprint density at radius 3 is 0.897 bits per heavy atom. The van der Waals surface area contributed by atoms with E-state index in [-0.39, 0.29) is 0 Å². The van der Waals surface area contributed by atoms with Gasteiger partial charge in [-0.05, 0) is 89.0 Å². The zero-order chi connectivity index (χ0) is 27.8. The molecular formula is C33H39N3S3. The van der Waals surface area contributed by atoms with Crippen LogP contribution >= 0.6 is 37.9 Å². The van der Waals surface area contributed by atoms with Gasteiger partial charge in [-0.1, -0.05) is 57.2 Å². The van der Waals surface area contributed by atoms with Crippen molar-refractivity contribution in [3.05, 3.63) is 106 Å². The van der Waals surface area contributed by atoms with Crippen LogP contribution < -0.4 is 16.0 Å². The van der Waals surface area contributed by atoms with Gasteiger partial charge in [0, 0.05) is 51.4 Å². The summed E-state index contributed by atoms with van der Waals surface area (Å²) in [5.74, 6) is 0. The van der Waals surface area contributed by atoms with Gasteiger partial charge in [-0.25, -0.2) is 0 Å². The minimum absolute atomic E-state index is 0.750. The summed E-state index contributed by atoms with van der Waals surface area (Å²) >= 11 is 14.1. The Kier molecular flexibility index (Phi) is 10.6. The molecule has 0 heterocycles. The SMILES string of the molecule is CCc1c(CNc2ccccc2S)c(CC)c(CNc2ccccc2S)c(CC)c1CNc1ccccc1S. The van der Waals surface area contributed by atoms with E-state index in [4.69, 9.17) is 0 Å². The molecule has 6 heteroatoms. The van der Waals surface area contributed by atoms with E-state index in [9.17, 15) is 0 Å². The lowest BCUT2D eigenvalue weighted by molar-refractivity contribution is 0.882. The average molecular weight is 574 g/mol. The topological polar surface area (TPSA) is 36.1 Å². The van der Waals surface area contributed by atoms with Crippen LogP contribution in [0.15, 0.2) is 87.5 Å². The second kappa shape index (κ2) is 14.1. The van der Waals surface area contributed by atoms with Gasteiger partial charge in [0.05, 0.1) is 0 Å². The van der Waals surface area contributed by atoms with Crippen molar-refractivity contribution in [3.63, 3.8) is 0 Å². The van der Waals surface area contributed by atoms with Crippen molar-refractivity contribution >= 4 is 54.9 Å². The molecular weight excluding hydrogens is 535 g/mol. The van der Waals surface area contributed by atoms with E-state index < -0.39 is 0 Å². The fourth-order valence-corrected chi connectivity index (χ4v) is 6.15. The fraction of sp³-hybridized carbons (Fsp3) is 0.273. The molecule has 4 aromatic rings. The highest BCUT2D eigenvalue weighted by Gasteiger charge is 2.21. The van der Waals surface area contributed by atoms with Crippen LogP contribution in [0.3, 0.4) is 0 Å². The zero-order valence-electron chi connectivity index (χ0n) is 23.0. The minimum atomic E-state index is 0.750. The summed E-state index contributed by atoms with van der Waals surface area (Å²) in [5.41, 5.74) is 11.6. The van der Waals surface area contributed by atoms with Gasteiger partial charge in [-0.2, -0.15) is 0 Å². The quantitative estimate of drug-likeness (QED) is 0.0957. The molecule has 0 amide bonds. The average Bonchev–Trinajstić information content (AvgIpc) is 2.95. The number of hydrogen-bond acceptors (Lipinski definition) is 6. The van der Waals surface area contributed by atoms with E-state index in [2.05, 4.69) is 111 Å². The molecule has 204 valence electrons. The number of para-hydroxylation sites is 3. The zero-order valence-corrected chi connectivity index (χ0v) is 25.7. The first-order valence-corrected chi connectivity index (χ1v) is 15.0. The van der Waals surface area contributed by atoms with Crippen molar-refractivity contribution in [1.82, 2.24) is 0 Å². The van der Waals surface area contributed by atoms with Crippen molar-refractivity contribution in [2.24, 2.45) is 0 Å². The number of rotatable bonds is 12. The Morgan fingerprint density at radius 1 is 0.410 bits per heavy atom. The maximum absolute atomic E-state index is 4.68. The smallest absolute Gasteiger partial charge is 0.0478 e. The van der Waals surface area contributed by atoms with Crippen LogP contribution in [-0.4, -0.2) is 0 Å². The van der Waals surface area contributed by atoms with Crippen molar-refractivity contribution in [3.8, 4) is 0 Å². The van der Waals surface area contributed by atoms with Gasteiger partial charge in [-0.15, -0.1) is 37.9 Å². The molecule has 4 rings (SSSR count). The Balaban J connectivity index is 1.81. The molecule has 0 radical (unpaired) electrons. The molecule has 0 aromatic heterocycles. The summed E-state index contributed by atoms with van der Waals surface area (Å²) in [6, 6.07) is 24.6. The van der Waals surface area contributed by atoms with Gasteiger partial charge in [0.1, 0.15) is 0 Å². The second-order valence-corrected chi connectivity index (χ2v) is 11.0. The first kappa shape index (κ1) is 29.3. The van der Waals surface area contributed by atoms with Crippen LogP contribution in [0.4, 0.5) is 17.1 Å². The molecule has 0 saturated heterocycles. The number of anilines is 3. The highest BCUT2D eigenvalue weighted by molar-refractivity contribution is 7.80. The molecule has 3 N–H and O–H groups in total. The highest BCUT2D eigenvalue weighted by atomic mass is 32.1. The van der Waals surface area contributed by atoms with Gasteiger partial charge in [0.25, 0.3) is 0 Å². The van der Waals surface area contributed by atoms with Crippen LogP contribution in [0, 0.1) is 0 Å². The second-order valence-electron chi connectivity index (χ2n) is 9.54. The summed E-state index contributed by atoms with van der Waals surface area (Å²) in [4.78, 5) is 2.87. The Labute approximate surface area is 250 Å². The van der Waals surface area contributed by atoms with Crippen molar-refractivity contribution in [2.75, 3.05) is 16.0 Å². The monoisotopic (exact) mass is 573 g/mol. The Hall–Kier alpha value is -2.67. The summed E-state index contributed by atoms with van der Waals surface area (Å²) < 4.78 is 0. The molecule has 0 aliphatic carbocycles. The largest absolute Gasteiger partial charge is 0.380 e. The van der Waals surface area contributed by atoms with Crippen LogP contribution in [0.25, 0.3) is 0 Å². The molecule has 4 aromatic carbocycles. The standard InChI is InChI=1S/C33H39N3S3/c1-4-22-25(19-34-28-13-7-10-16-31(28)37)23(5-2)27(21-36-30-15-9-12-18-33(30)39)24(6-3)26(22)20-35-29-14-8-11-17-32(29)38/h7-18,34-39H,4-6,19-21H2,1-3H3. The molecule has 0 atom stereocenters. The van der Waals surface area contributed by atoms with Crippen LogP contribution in [0.5, 0.6) is 0 Å². The lowest BCUT2D eigenvalue weighted by atomic mass is 9.83. The van der Waals surface area contributed by atoms with Crippen molar-refractivity contribution < 1.29 is 0 Å². The summed E-state index contributed by atoms with van der Waals surface area (Å²) in [7, 11) is 0. The van der Waals surface area contributed by atoms with Crippen molar-refractivity contribution in [1.29, 1.82) is 0 Å². The third-order valence-electron chi connectivity index (χ3n) is 7.33. The lowest BCUT2D eigenvalue weighted by Crippen LogP contribution is -2.19. The molecule has 0 unspecified atom stereocenters. The lowest BCUT2D eigenvalue weighted by Gasteiger charge is -2.27. The van der Waals surface area contributed by atoms with Crippen LogP contribution in [-0.2, 0) is 38.9 Å². The van der Waals surface area contributed by atoms with Gasteiger partial charge in [0.2, 0.25) is 0 Å². The maximum Gasteiger partial charge on any atom is 0.0478 e. The van der Waals surface area contributed by atoms with E-state index in [1.807, 2.05) is 36.4 Å². The predicted octanol–water partition coefficient (Wildman–Crippen LogP) is 9.08. The third-order valence-corrected chi connectivity index (χ3v) is 8.50. The molecule has 0 aliphatic heterocycles. The maximum atomic E-state index is 4.68. The van der Waals surface area contributed by atoms with E-state index in [0.717, 1.165) is 70.6 Å². The minimum Gasteiger partial charge on any atom is -0.380 e. The summed E-state index contributed by atoms with van der Waals surface area (Å²) in [5, 5.41) is 11.1. The van der Waals surface area contributed by atoms with Gasteiger partial charge in [-0.3, -0.25) is 0 Å². The number of benzene rings is 4. The molecule has 0 bridgehead atoms.